The van der Waals surface area contributed by atoms with Crippen LogP contribution >= 0.6 is 12.4 Å². The minimum Gasteiger partial charge on any atom is -0.356 e. The normalized spacial score (nSPS) is 22.0. The number of piperidine rings is 1. The monoisotopic (exact) mass is 332 g/mol. The number of halogens is 1. The number of nitrogens with zero attached hydrogens (tertiary/aromatic N) is 1. The third-order valence-electron chi connectivity index (χ3n) is 4.44. The third-order valence-corrected chi connectivity index (χ3v) is 4.44. The summed E-state index contributed by atoms with van der Waals surface area (Å²) in [4.78, 5) is 26.1. The molecule has 1 saturated heterocycles. The number of nitrogens with two attached hydrogens (primary N) is 1. The zero-order chi connectivity index (χ0) is 15.1. The lowest BCUT2D eigenvalue weighted by molar-refractivity contribution is -0.126. The van der Waals surface area contributed by atoms with Crippen molar-refractivity contribution in [1.29, 1.82) is 0 Å². The Bertz CT molecular complexity index is 361. The van der Waals surface area contributed by atoms with Crippen LogP contribution in [0, 0.1) is 5.92 Å². The predicted octanol–water partition coefficient (Wildman–Crippen LogP) is 1.24. The fraction of sp³-hybridized carbons (Fsp3) is 0.867. The number of rotatable bonds is 5. The van der Waals surface area contributed by atoms with E-state index in [1.54, 1.807) is 4.90 Å². The van der Waals surface area contributed by atoms with Crippen LogP contribution in [0.4, 0.5) is 4.79 Å². The molecule has 0 aromatic carbocycles. The van der Waals surface area contributed by atoms with E-state index in [-0.39, 0.29) is 30.3 Å². The van der Waals surface area contributed by atoms with E-state index >= 15 is 0 Å². The summed E-state index contributed by atoms with van der Waals surface area (Å²) in [5, 5.41) is 6.01. The minimum atomic E-state index is -0.0779. The molecule has 0 radical (unpaired) electrons. The Balaban J connectivity index is 0.00000242. The highest BCUT2D eigenvalue weighted by molar-refractivity contribution is 5.85. The maximum absolute atomic E-state index is 12.2. The Morgan fingerprint density at radius 2 is 1.86 bits per heavy atom. The molecule has 2 aliphatic rings. The van der Waals surface area contributed by atoms with E-state index in [1.165, 1.54) is 12.8 Å². The van der Waals surface area contributed by atoms with Crippen molar-refractivity contribution in [2.24, 2.45) is 11.7 Å². The lowest BCUT2D eigenvalue weighted by Gasteiger charge is -2.33. The Hall–Kier alpha value is -1.01. The summed E-state index contributed by atoms with van der Waals surface area (Å²) in [5.41, 5.74) is 5.42. The summed E-state index contributed by atoms with van der Waals surface area (Å²) in [6.07, 6.45) is 7.14. The van der Waals surface area contributed by atoms with E-state index in [0.717, 1.165) is 38.6 Å². The van der Waals surface area contributed by atoms with E-state index < -0.39 is 0 Å². The molecule has 0 bridgehead atoms. The minimum absolute atomic E-state index is 0. The van der Waals surface area contributed by atoms with Crippen molar-refractivity contribution in [3.8, 4) is 0 Å². The van der Waals surface area contributed by atoms with Crippen molar-refractivity contribution in [3.05, 3.63) is 0 Å². The zero-order valence-electron chi connectivity index (χ0n) is 13.2. The number of carbonyl (C=O) groups excluding carboxylic acids is 2. The zero-order valence-corrected chi connectivity index (χ0v) is 14.0. The van der Waals surface area contributed by atoms with E-state index in [0.29, 0.717) is 25.7 Å². The molecular weight excluding hydrogens is 304 g/mol. The van der Waals surface area contributed by atoms with Gasteiger partial charge in [-0.25, -0.2) is 4.79 Å². The lowest BCUT2D eigenvalue weighted by Crippen LogP contribution is -2.50. The second kappa shape index (κ2) is 9.90. The van der Waals surface area contributed by atoms with Crippen LogP contribution in [0.1, 0.15) is 44.9 Å². The van der Waals surface area contributed by atoms with Gasteiger partial charge in [0.2, 0.25) is 5.91 Å². The highest BCUT2D eigenvalue weighted by Crippen LogP contribution is 2.20. The second-order valence-electron chi connectivity index (χ2n) is 6.15. The van der Waals surface area contributed by atoms with Gasteiger partial charge in [-0.15, -0.1) is 12.4 Å². The number of nitrogens with one attached hydrogen (secondary N) is 2. The summed E-state index contributed by atoms with van der Waals surface area (Å²) in [5.74, 6) is -0.0207. The largest absolute Gasteiger partial charge is 0.356 e. The van der Waals surface area contributed by atoms with Crippen molar-refractivity contribution in [2.75, 3.05) is 26.2 Å². The number of likely N-dealkylation sites (tertiary alicyclic amines) is 1. The summed E-state index contributed by atoms with van der Waals surface area (Å²) < 4.78 is 0. The molecule has 6 nitrogen and oxygen atoms in total. The van der Waals surface area contributed by atoms with Crippen LogP contribution in [0.2, 0.25) is 0 Å². The third kappa shape index (κ3) is 5.65. The second-order valence-corrected chi connectivity index (χ2v) is 6.15. The first-order chi connectivity index (χ1) is 10.2. The number of urea groups is 1. The average Bonchev–Trinajstić information content (AvgIpc) is 3.00. The molecule has 1 atom stereocenters. The van der Waals surface area contributed by atoms with Gasteiger partial charge in [-0.3, -0.25) is 4.79 Å². The van der Waals surface area contributed by atoms with Crippen molar-refractivity contribution in [2.45, 2.75) is 51.0 Å². The van der Waals surface area contributed by atoms with E-state index in [4.69, 9.17) is 5.73 Å². The Morgan fingerprint density at radius 1 is 1.14 bits per heavy atom. The van der Waals surface area contributed by atoms with Crippen LogP contribution in [-0.2, 0) is 4.79 Å². The smallest absolute Gasteiger partial charge is 0.317 e. The van der Waals surface area contributed by atoms with Gasteiger partial charge in [0.25, 0.3) is 0 Å². The molecule has 22 heavy (non-hydrogen) atoms. The molecule has 1 aliphatic heterocycles. The van der Waals surface area contributed by atoms with Gasteiger partial charge in [-0.1, -0.05) is 12.8 Å². The van der Waals surface area contributed by atoms with E-state index in [2.05, 4.69) is 10.6 Å². The molecule has 2 fully saturated rings. The van der Waals surface area contributed by atoms with Gasteiger partial charge in [0.05, 0.1) is 5.92 Å². The SMILES string of the molecule is Cl.NCCCNC(=O)C1CCCN(C(=O)NC2CCCC2)C1. The van der Waals surface area contributed by atoms with Crippen molar-refractivity contribution in [1.82, 2.24) is 15.5 Å². The summed E-state index contributed by atoms with van der Waals surface area (Å²) in [6, 6.07) is 0.331. The van der Waals surface area contributed by atoms with Crippen LogP contribution in [0.25, 0.3) is 0 Å². The number of hydrogen-bond acceptors (Lipinski definition) is 3. The quantitative estimate of drug-likeness (QED) is 0.662. The van der Waals surface area contributed by atoms with Gasteiger partial charge in [-0.05, 0) is 38.6 Å². The van der Waals surface area contributed by atoms with Crippen LogP contribution < -0.4 is 16.4 Å². The van der Waals surface area contributed by atoms with E-state index in [9.17, 15) is 9.59 Å². The van der Waals surface area contributed by atoms with Crippen LogP contribution in [0.15, 0.2) is 0 Å². The van der Waals surface area contributed by atoms with Gasteiger partial charge in [0.1, 0.15) is 0 Å². The van der Waals surface area contributed by atoms with Crippen molar-refractivity contribution in [3.63, 3.8) is 0 Å². The summed E-state index contributed by atoms with van der Waals surface area (Å²) in [6.45, 7) is 2.50. The van der Waals surface area contributed by atoms with Gasteiger partial charge in [0, 0.05) is 25.7 Å². The molecule has 1 aliphatic carbocycles. The molecule has 128 valence electrons. The van der Waals surface area contributed by atoms with E-state index in [1.807, 2.05) is 0 Å². The molecule has 1 saturated carbocycles. The van der Waals surface area contributed by atoms with Gasteiger partial charge in [0.15, 0.2) is 0 Å². The highest BCUT2D eigenvalue weighted by Gasteiger charge is 2.29. The molecule has 3 amide bonds. The molecule has 1 heterocycles. The van der Waals surface area contributed by atoms with Gasteiger partial charge in [-0.2, -0.15) is 0 Å². The molecule has 2 rings (SSSR count). The molecule has 7 heteroatoms. The molecular formula is C15H29ClN4O2. The molecule has 0 aromatic heterocycles. The van der Waals surface area contributed by atoms with Gasteiger partial charge < -0.3 is 21.3 Å². The van der Waals surface area contributed by atoms with Crippen molar-refractivity contribution >= 4 is 24.3 Å². The molecule has 0 spiro atoms. The first-order valence-electron chi connectivity index (χ1n) is 8.24. The number of amides is 3. The Morgan fingerprint density at radius 3 is 2.55 bits per heavy atom. The topological polar surface area (TPSA) is 87.5 Å². The molecule has 4 N–H and O–H groups in total. The average molecular weight is 333 g/mol. The first-order valence-corrected chi connectivity index (χ1v) is 8.24. The fourth-order valence-electron chi connectivity index (χ4n) is 3.17. The predicted molar refractivity (Wildman–Crippen MR) is 89.0 cm³/mol. The number of carbonyl (C=O) groups is 2. The molecule has 0 aromatic rings. The molecule has 1 unspecified atom stereocenters. The number of hydrogen-bond donors (Lipinski definition) is 3. The maximum atomic E-state index is 12.2. The highest BCUT2D eigenvalue weighted by atomic mass is 35.5. The Labute approximate surface area is 139 Å². The van der Waals surface area contributed by atoms with Gasteiger partial charge >= 0.3 is 6.03 Å². The standard InChI is InChI=1S/C15H28N4O2.ClH/c16-8-4-9-17-14(20)12-5-3-10-19(11-12)15(21)18-13-6-1-2-7-13;/h12-13H,1-11,16H2,(H,17,20)(H,18,21);1H. The summed E-state index contributed by atoms with van der Waals surface area (Å²) >= 11 is 0. The van der Waals surface area contributed by atoms with Crippen LogP contribution in [-0.4, -0.2) is 49.1 Å². The lowest BCUT2D eigenvalue weighted by atomic mass is 9.97. The first kappa shape index (κ1) is 19.0. The van der Waals surface area contributed by atoms with Crippen LogP contribution in [0.3, 0.4) is 0 Å². The van der Waals surface area contributed by atoms with Crippen molar-refractivity contribution < 1.29 is 9.59 Å². The fourth-order valence-corrected chi connectivity index (χ4v) is 3.17. The maximum Gasteiger partial charge on any atom is 0.317 e. The summed E-state index contributed by atoms with van der Waals surface area (Å²) in [7, 11) is 0. The Kier molecular flexibility index (Phi) is 8.56. The van der Waals surface area contributed by atoms with Crippen LogP contribution in [0.5, 0.6) is 0 Å².